The van der Waals surface area contributed by atoms with Gasteiger partial charge >= 0.3 is 0 Å². The monoisotopic (exact) mass is 295 g/mol. The maximum absolute atomic E-state index is 12.6. The molecule has 1 aromatic carbocycles. The lowest BCUT2D eigenvalue weighted by Crippen LogP contribution is -2.26. The van der Waals surface area contributed by atoms with Crippen LogP contribution in [0.5, 0.6) is 0 Å². The Morgan fingerprint density at radius 2 is 1.95 bits per heavy atom. The minimum absolute atomic E-state index is 0.0746. The SMILES string of the molecule is Cc1cccc(N(C)S(=O)(=O)c2cc(CO)oc2C)c1. The van der Waals surface area contributed by atoms with Gasteiger partial charge in [-0.3, -0.25) is 4.31 Å². The predicted octanol–water partition coefficient (Wildman–Crippen LogP) is 2.21. The summed E-state index contributed by atoms with van der Waals surface area (Å²) in [6, 6.07) is 8.58. The third-order valence-corrected chi connectivity index (χ3v) is 4.98. The fourth-order valence-corrected chi connectivity index (χ4v) is 3.34. The molecule has 0 atom stereocenters. The molecule has 108 valence electrons. The van der Waals surface area contributed by atoms with Crippen LogP contribution in [0.15, 0.2) is 39.6 Å². The van der Waals surface area contributed by atoms with E-state index in [1.54, 1.807) is 25.1 Å². The van der Waals surface area contributed by atoms with Gasteiger partial charge in [-0.25, -0.2) is 8.42 Å². The summed E-state index contributed by atoms with van der Waals surface area (Å²) in [6.07, 6.45) is 0. The second-order valence-electron chi connectivity index (χ2n) is 4.60. The number of rotatable bonds is 4. The van der Waals surface area contributed by atoms with Crippen LogP contribution in [-0.4, -0.2) is 20.6 Å². The summed E-state index contributed by atoms with van der Waals surface area (Å²) >= 11 is 0. The van der Waals surface area contributed by atoms with E-state index in [4.69, 9.17) is 9.52 Å². The second kappa shape index (κ2) is 5.30. The number of hydrogen-bond donors (Lipinski definition) is 1. The van der Waals surface area contributed by atoms with Crippen LogP contribution < -0.4 is 4.31 Å². The Balaban J connectivity index is 2.46. The summed E-state index contributed by atoms with van der Waals surface area (Å²) < 4.78 is 31.6. The maximum atomic E-state index is 12.6. The molecular formula is C14H17NO4S. The van der Waals surface area contributed by atoms with Crippen molar-refractivity contribution in [2.75, 3.05) is 11.4 Å². The number of furan rings is 1. The first kappa shape index (κ1) is 14.6. The standard InChI is InChI=1S/C14H17NO4S/c1-10-5-4-6-12(7-10)15(3)20(17,18)14-8-13(9-16)19-11(14)2/h4-8,16H,9H2,1-3H3. The van der Waals surface area contributed by atoms with Crippen molar-refractivity contribution in [1.82, 2.24) is 0 Å². The van der Waals surface area contributed by atoms with Crippen molar-refractivity contribution in [3.05, 3.63) is 47.4 Å². The van der Waals surface area contributed by atoms with Gasteiger partial charge in [0.1, 0.15) is 23.0 Å². The molecule has 1 aromatic heterocycles. The van der Waals surface area contributed by atoms with Crippen LogP contribution in [0.1, 0.15) is 17.1 Å². The normalized spacial score (nSPS) is 11.6. The van der Waals surface area contributed by atoms with Crippen molar-refractivity contribution in [3.8, 4) is 0 Å². The van der Waals surface area contributed by atoms with Crippen LogP contribution >= 0.6 is 0 Å². The number of anilines is 1. The number of hydrogen-bond acceptors (Lipinski definition) is 4. The molecule has 20 heavy (non-hydrogen) atoms. The lowest BCUT2D eigenvalue weighted by molar-refractivity contribution is 0.244. The van der Waals surface area contributed by atoms with Gasteiger partial charge in [0.05, 0.1) is 5.69 Å². The van der Waals surface area contributed by atoms with Crippen molar-refractivity contribution in [2.24, 2.45) is 0 Å². The molecule has 0 fully saturated rings. The minimum atomic E-state index is -3.70. The number of aryl methyl sites for hydroxylation is 2. The van der Waals surface area contributed by atoms with E-state index in [-0.39, 0.29) is 23.0 Å². The van der Waals surface area contributed by atoms with Crippen LogP contribution in [0, 0.1) is 13.8 Å². The highest BCUT2D eigenvalue weighted by Gasteiger charge is 2.26. The Bertz CT molecular complexity index is 719. The molecule has 0 bridgehead atoms. The summed E-state index contributed by atoms with van der Waals surface area (Å²) in [5.41, 5.74) is 1.56. The van der Waals surface area contributed by atoms with Gasteiger partial charge in [-0.2, -0.15) is 0 Å². The number of benzene rings is 1. The van der Waals surface area contributed by atoms with Crippen molar-refractivity contribution in [2.45, 2.75) is 25.3 Å². The first-order valence-electron chi connectivity index (χ1n) is 6.12. The Morgan fingerprint density at radius 3 is 2.50 bits per heavy atom. The van der Waals surface area contributed by atoms with Crippen LogP contribution in [0.2, 0.25) is 0 Å². The van der Waals surface area contributed by atoms with Gasteiger partial charge in [0.25, 0.3) is 10.0 Å². The van der Waals surface area contributed by atoms with E-state index in [0.717, 1.165) is 5.56 Å². The van der Waals surface area contributed by atoms with Crippen molar-refractivity contribution < 1.29 is 17.9 Å². The molecule has 0 amide bonds. The third kappa shape index (κ3) is 2.57. The van der Waals surface area contributed by atoms with Gasteiger partial charge < -0.3 is 9.52 Å². The minimum Gasteiger partial charge on any atom is -0.462 e. The molecular weight excluding hydrogens is 278 g/mol. The van der Waals surface area contributed by atoms with Gasteiger partial charge in [0.2, 0.25) is 0 Å². The Morgan fingerprint density at radius 1 is 1.25 bits per heavy atom. The molecule has 1 heterocycles. The van der Waals surface area contributed by atoms with Crippen LogP contribution in [0.4, 0.5) is 5.69 Å². The topological polar surface area (TPSA) is 70.8 Å². The van der Waals surface area contributed by atoms with E-state index in [0.29, 0.717) is 5.69 Å². The summed E-state index contributed by atoms with van der Waals surface area (Å²) in [7, 11) is -2.21. The summed E-state index contributed by atoms with van der Waals surface area (Å²) in [4.78, 5) is 0.0746. The Labute approximate surface area is 118 Å². The molecule has 1 N–H and O–H groups in total. The molecule has 0 radical (unpaired) electrons. The van der Waals surface area contributed by atoms with E-state index < -0.39 is 10.0 Å². The molecule has 2 aromatic rings. The number of aliphatic hydroxyl groups is 1. The fraction of sp³-hybridized carbons (Fsp3) is 0.286. The molecule has 0 aliphatic heterocycles. The summed E-state index contributed by atoms with van der Waals surface area (Å²) in [5.74, 6) is 0.507. The molecule has 0 aliphatic rings. The van der Waals surface area contributed by atoms with Gasteiger partial charge in [-0.1, -0.05) is 12.1 Å². The maximum Gasteiger partial charge on any atom is 0.267 e. The Kier molecular flexibility index (Phi) is 3.87. The molecule has 0 saturated carbocycles. The number of aliphatic hydroxyl groups excluding tert-OH is 1. The molecule has 0 spiro atoms. The van der Waals surface area contributed by atoms with Crippen LogP contribution in [0.3, 0.4) is 0 Å². The highest BCUT2D eigenvalue weighted by atomic mass is 32.2. The van der Waals surface area contributed by atoms with Crippen LogP contribution in [0.25, 0.3) is 0 Å². The first-order chi connectivity index (χ1) is 9.36. The highest BCUT2D eigenvalue weighted by Crippen LogP contribution is 2.27. The average Bonchev–Trinajstić information content (AvgIpc) is 2.80. The van der Waals surface area contributed by atoms with E-state index in [9.17, 15) is 8.42 Å². The second-order valence-corrected chi connectivity index (χ2v) is 6.54. The smallest absolute Gasteiger partial charge is 0.267 e. The van der Waals surface area contributed by atoms with Crippen molar-refractivity contribution in [3.63, 3.8) is 0 Å². The predicted molar refractivity (Wildman–Crippen MR) is 76.1 cm³/mol. The molecule has 0 unspecified atom stereocenters. The number of nitrogens with zero attached hydrogens (tertiary/aromatic N) is 1. The highest BCUT2D eigenvalue weighted by molar-refractivity contribution is 7.92. The third-order valence-electron chi connectivity index (χ3n) is 3.08. The first-order valence-corrected chi connectivity index (χ1v) is 7.56. The summed E-state index contributed by atoms with van der Waals surface area (Å²) in [6.45, 7) is 3.14. The lowest BCUT2D eigenvalue weighted by atomic mass is 10.2. The lowest BCUT2D eigenvalue weighted by Gasteiger charge is -2.19. The molecule has 0 saturated heterocycles. The van der Waals surface area contributed by atoms with E-state index in [1.165, 1.54) is 17.4 Å². The van der Waals surface area contributed by atoms with Gasteiger partial charge in [-0.05, 0) is 31.5 Å². The Hall–Kier alpha value is -1.79. The van der Waals surface area contributed by atoms with Crippen molar-refractivity contribution >= 4 is 15.7 Å². The van der Waals surface area contributed by atoms with E-state index in [1.807, 2.05) is 13.0 Å². The molecule has 0 aliphatic carbocycles. The van der Waals surface area contributed by atoms with E-state index in [2.05, 4.69) is 0 Å². The van der Waals surface area contributed by atoms with Gasteiger partial charge in [0.15, 0.2) is 0 Å². The largest absolute Gasteiger partial charge is 0.462 e. The van der Waals surface area contributed by atoms with Gasteiger partial charge in [-0.15, -0.1) is 0 Å². The molecule has 6 heteroatoms. The molecule has 2 rings (SSSR count). The molecule has 5 nitrogen and oxygen atoms in total. The number of sulfonamides is 1. The van der Waals surface area contributed by atoms with Crippen LogP contribution in [-0.2, 0) is 16.6 Å². The quantitative estimate of drug-likeness (QED) is 0.939. The zero-order chi connectivity index (χ0) is 14.9. The zero-order valence-electron chi connectivity index (χ0n) is 11.6. The van der Waals surface area contributed by atoms with Gasteiger partial charge in [0, 0.05) is 13.1 Å². The fourth-order valence-electron chi connectivity index (χ4n) is 1.97. The summed E-state index contributed by atoms with van der Waals surface area (Å²) in [5, 5.41) is 9.03. The van der Waals surface area contributed by atoms with Crippen molar-refractivity contribution in [1.29, 1.82) is 0 Å². The average molecular weight is 295 g/mol. The van der Waals surface area contributed by atoms with E-state index >= 15 is 0 Å². The zero-order valence-corrected chi connectivity index (χ0v) is 12.4.